The second-order valence-corrected chi connectivity index (χ2v) is 7.46. The van der Waals surface area contributed by atoms with Crippen LogP contribution in [0.5, 0.6) is 0 Å². The minimum atomic E-state index is -5.08. The molecular formula is C22H23F6N3O7. The first-order valence-electron chi connectivity index (χ1n) is 10.6. The van der Waals surface area contributed by atoms with Crippen LogP contribution in [-0.2, 0) is 16.0 Å². The third-order valence-corrected chi connectivity index (χ3v) is 4.86. The van der Waals surface area contributed by atoms with E-state index in [1.807, 2.05) is 31.2 Å². The number of aromatic amines is 1. The molecule has 3 rings (SSSR count). The van der Waals surface area contributed by atoms with Crippen molar-refractivity contribution in [3.05, 3.63) is 51.8 Å². The smallest absolute Gasteiger partial charge is 0.477 e. The number of carboxylic acid groups (broad SMARTS) is 3. The summed E-state index contributed by atoms with van der Waals surface area (Å²) in [4.78, 5) is 46.0. The normalized spacial score (nSPS) is 13.4. The maximum atomic E-state index is 12.0. The molecule has 1 fully saturated rings. The summed E-state index contributed by atoms with van der Waals surface area (Å²) >= 11 is 0. The number of alkyl halides is 6. The molecule has 0 saturated carbocycles. The first kappa shape index (κ1) is 31.9. The molecule has 16 heteroatoms. The zero-order chi connectivity index (χ0) is 29.3. The molecule has 0 radical (unpaired) electrons. The van der Waals surface area contributed by atoms with Crippen LogP contribution in [0.25, 0.3) is 11.3 Å². The van der Waals surface area contributed by atoms with Gasteiger partial charge in [0, 0.05) is 31.9 Å². The third-order valence-electron chi connectivity index (χ3n) is 4.86. The molecule has 1 aliphatic heterocycles. The number of anilines is 1. The molecule has 0 aliphatic carbocycles. The summed E-state index contributed by atoms with van der Waals surface area (Å²) < 4.78 is 63.5. The molecule has 2 aromatic rings. The van der Waals surface area contributed by atoms with Crippen LogP contribution < -0.4 is 15.8 Å². The summed E-state index contributed by atoms with van der Waals surface area (Å²) in [5.41, 5.74) is 2.78. The maximum absolute atomic E-state index is 12.0. The van der Waals surface area contributed by atoms with Gasteiger partial charge in [0.05, 0.1) is 5.69 Å². The van der Waals surface area contributed by atoms with Crippen LogP contribution in [0.2, 0.25) is 0 Å². The van der Waals surface area contributed by atoms with Crippen LogP contribution in [-0.4, -0.2) is 76.7 Å². The number of hydrogen-bond acceptors (Lipinski definition) is 6. The number of nitrogens with one attached hydrogen (secondary N) is 2. The Morgan fingerprint density at radius 3 is 1.71 bits per heavy atom. The van der Waals surface area contributed by atoms with Gasteiger partial charge < -0.3 is 30.5 Å². The van der Waals surface area contributed by atoms with Crippen molar-refractivity contribution >= 4 is 23.6 Å². The van der Waals surface area contributed by atoms with Gasteiger partial charge in [-0.15, -0.1) is 0 Å². The minimum absolute atomic E-state index is 0.215. The Balaban J connectivity index is 0.000000426. The summed E-state index contributed by atoms with van der Waals surface area (Å²) in [7, 11) is 0. The van der Waals surface area contributed by atoms with Gasteiger partial charge in [0.15, 0.2) is 0 Å². The Morgan fingerprint density at radius 1 is 0.895 bits per heavy atom. The van der Waals surface area contributed by atoms with Crippen molar-refractivity contribution in [1.29, 1.82) is 0 Å². The van der Waals surface area contributed by atoms with E-state index in [2.05, 4.69) is 15.2 Å². The lowest BCUT2D eigenvalue weighted by Gasteiger charge is -2.29. The molecule has 0 spiro atoms. The van der Waals surface area contributed by atoms with Gasteiger partial charge in [0.25, 0.3) is 5.56 Å². The fourth-order valence-electron chi connectivity index (χ4n) is 3.03. The Labute approximate surface area is 210 Å². The van der Waals surface area contributed by atoms with Crippen LogP contribution in [0, 0.1) is 0 Å². The molecule has 1 aliphatic rings. The molecule has 10 nitrogen and oxygen atoms in total. The van der Waals surface area contributed by atoms with E-state index in [4.69, 9.17) is 24.9 Å². The number of aromatic nitrogens is 1. The van der Waals surface area contributed by atoms with Gasteiger partial charge in [0.1, 0.15) is 5.56 Å². The second kappa shape index (κ2) is 13.5. The predicted molar refractivity (Wildman–Crippen MR) is 121 cm³/mol. The molecule has 1 aromatic heterocycles. The number of piperazine rings is 1. The number of carbonyl (C=O) groups is 3. The molecular weight excluding hydrogens is 532 g/mol. The van der Waals surface area contributed by atoms with E-state index in [0.717, 1.165) is 43.0 Å². The van der Waals surface area contributed by atoms with Crippen molar-refractivity contribution in [2.45, 2.75) is 25.7 Å². The second-order valence-electron chi connectivity index (χ2n) is 7.46. The zero-order valence-electron chi connectivity index (χ0n) is 19.6. The third kappa shape index (κ3) is 9.76. The van der Waals surface area contributed by atoms with Gasteiger partial charge >= 0.3 is 30.3 Å². The highest BCUT2D eigenvalue weighted by Gasteiger charge is 2.38. The monoisotopic (exact) mass is 555 g/mol. The number of carboxylic acids is 3. The number of halogens is 6. The quantitative estimate of drug-likeness (QED) is 0.358. The van der Waals surface area contributed by atoms with Gasteiger partial charge in [-0.2, -0.15) is 26.3 Å². The largest absolute Gasteiger partial charge is 0.490 e. The Kier molecular flexibility index (Phi) is 11.3. The van der Waals surface area contributed by atoms with Crippen molar-refractivity contribution < 1.29 is 56.0 Å². The average Bonchev–Trinajstić information content (AvgIpc) is 2.84. The van der Waals surface area contributed by atoms with Gasteiger partial charge in [-0.05, 0) is 35.7 Å². The lowest BCUT2D eigenvalue weighted by Crippen LogP contribution is -2.43. The molecule has 0 unspecified atom stereocenters. The highest BCUT2D eigenvalue weighted by Crippen LogP contribution is 2.25. The number of aliphatic carboxylic acids is 2. The molecule has 0 atom stereocenters. The SMILES string of the molecule is CCc1cc(C(=O)O)c(=O)[nH]c1-c1ccc(N2CCNCC2)cc1.O=C(O)C(F)(F)F.O=C(O)C(F)(F)F. The van der Waals surface area contributed by atoms with Crippen molar-refractivity contribution in [2.24, 2.45) is 0 Å². The van der Waals surface area contributed by atoms with Crippen molar-refractivity contribution in [2.75, 3.05) is 31.1 Å². The van der Waals surface area contributed by atoms with Gasteiger partial charge in [0.2, 0.25) is 0 Å². The minimum Gasteiger partial charge on any atom is -0.477 e. The van der Waals surface area contributed by atoms with Crippen LogP contribution in [0.4, 0.5) is 32.0 Å². The molecule has 5 N–H and O–H groups in total. The molecule has 0 amide bonds. The molecule has 1 saturated heterocycles. The number of pyridine rings is 1. The van der Waals surface area contributed by atoms with E-state index >= 15 is 0 Å². The number of benzene rings is 1. The lowest BCUT2D eigenvalue weighted by molar-refractivity contribution is -0.193. The fraction of sp³-hybridized carbons (Fsp3) is 0.364. The van der Waals surface area contributed by atoms with Gasteiger partial charge in [-0.3, -0.25) is 4.79 Å². The van der Waals surface area contributed by atoms with E-state index in [0.29, 0.717) is 12.1 Å². The Hall–Kier alpha value is -4.08. The highest BCUT2D eigenvalue weighted by molar-refractivity contribution is 5.88. The fourth-order valence-corrected chi connectivity index (χ4v) is 3.03. The van der Waals surface area contributed by atoms with E-state index in [-0.39, 0.29) is 5.56 Å². The Morgan fingerprint density at radius 2 is 1.34 bits per heavy atom. The van der Waals surface area contributed by atoms with E-state index in [1.165, 1.54) is 6.07 Å². The number of H-pyrrole nitrogens is 1. The summed E-state index contributed by atoms with van der Waals surface area (Å²) in [5, 5.41) is 26.7. The number of aromatic carboxylic acids is 1. The summed E-state index contributed by atoms with van der Waals surface area (Å²) in [6.45, 7) is 5.85. The van der Waals surface area contributed by atoms with Gasteiger partial charge in [-0.1, -0.05) is 19.1 Å². The van der Waals surface area contributed by atoms with Crippen LogP contribution in [0.3, 0.4) is 0 Å². The predicted octanol–water partition coefficient (Wildman–Crippen LogP) is 2.98. The average molecular weight is 555 g/mol. The molecule has 1 aromatic carbocycles. The van der Waals surface area contributed by atoms with Crippen LogP contribution in [0.1, 0.15) is 22.8 Å². The lowest BCUT2D eigenvalue weighted by atomic mass is 10.0. The van der Waals surface area contributed by atoms with Gasteiger partial charge in [-0.25, -0.2) is 14.4 Å². The summed E-state index contributed by atoms with van der Waals surface area (Å²) in [6, 6.07) is 9.51. The molecule has 0 bridgehead atoms. The Bertz CT molecular complexity index is 1150. The van der Waals surface area contributed by atoms with Crippen molar-refractivity contribution in [3.63, 3.8) is 0 Å². The van der Waals surface area contributed by atoms with E-state index < -0.39 is 35.8 Å². The number of hydrogen-bond donors (Lipinski definition) is 5. The first-order valence-corrected chi connectivity index (χ1v) is 10.6. The number of nitrogens with zero attached hydrogens (tertiary/aromatic N) is 1. The van der Waals surface area contributed by atoms with E-state index in [1.54, 1.807) is 0 Å². The standard InChI is InChI=1S/C18H21N3O3.2C2HF3O2/c1-2-12-11-15(18(23)24)17(22)20-16(12)13-3-5-14(6-4-13)21-9-7-19-8-10-21;2*3-2(4,5)1(6)7/h3-6,11,19H,2,7-10H2,1H3,(H,20,22)(H,23,24);2*(H,6,7). The van der Waals surface area contributed by atoms with Crippen molar-refractivity contribution in [3.8, 4) is 11.3 Å². The number of rotatable bonds is 4. The molecule has 210 valence electrons. The number of aryl methyl sites for hydroxylation is 1. The van der Waals surface area contributed by atoms with Crippen molar-refractivity contribution in [1.82, 2.24) is 10.3 Å². The maximum Gasteiger partial charge on any atom is 0.490 e. The van der Waals surface area contributed by atoms with Crippen LogP contribution >= 0.6 is 0 Å². The first-order chi connectivity index (χ1) is 17.5. The zero-order valence-corrected chi connectivity index (χ0v) is 19.6. The topological polar surface area (TPSA) is 160 Å². The molecule has 2 heterocycles. The highest BCUT2D eigenvalue weighted by atomic mass is 19.4. The summed E-state index contributed by atoms with van der Waals surface area (Å²) in [6.07, 6.45) is -9.52. The van der Waals surface area contributed by atoms with E-state index in [9.17, 15) is 35.9 Å². The summed E-state index contributed by atoms with van der Waals surface area (Å²) in [5.74, 6) is -6.72. The molecule has 38 heavy (non-hydrogen) atoms. The van der Waals surface area contributed by atoms with Crippen LogP contribution in [0.15, 0.2) is 35.1 Å².